The molecule has 0 aliphatic carbocycles. The number of hydrogen-bond acceptors (Lipinski definition) is 1. The van der Waals surface area contributed by atoms with Crippen molar-refractivity contribution in [3.8, 4) is 39.1 Å². The van der Waals surface area contributed by atoms with Gasteiger partial charge in [-0.3, -0.25) is 0 Å². The van der Waals surface area contributed by atoms with E-state index in [1.54, 1.807) is 0 Å². The summed E-state index contributed by atoms with van der Waals surface area (Å²) in [5.41, 5.74) is 17.3. The van der Waals surface area contributed by atoms with Gasteiger partial charge in [0.25, 0.3) is 0 Å². The van der Waals surface area contributed by atoms with Crippen LogP contribution in [0.2, 0.25) is 0 Å². The van der Waals surface area contributed by atoms with E-state index in [4.69, 9.17) is 0 Å². The number of aromatic nitrogens is 1. The van der Waals surface area contributed by atoms with Crippen LogP contribution >= 0.6 is 0 Å². The van der Waals surface area contributed by atoms with Crippen LogP contribution in [-0.4, -0.2) is 19.5 Å². The number of para-hydroxylation sites is 4. The van der Waals surface area contributed by atoms with Crippen LogP contribution in [0.15, 0.2) is 176 Å². The first kappa shape index (κ1) is 27.4. The zero-order valence-electron chi connectivity index (χ0n) is 28.2. The predicted molar refractivity (Wildman–Crippen MR) is 221 cm³/mol. The van der Waals surface area contributed by atoms with Crippen LogP contribution in [0.3, 0.4) is 0 Å². The van der Waals surface area contributed by atoms with Crippen LogP contribution in [0, 0.1) is 0 Å². The van der Waals surface area contributed by atoms with Gasteiger partial charge in [0, 0.05) is 33.4 Å². The van der Waals surface area contributed by atoms with E-state index in [1.807, 2.05) is 0 Å². The molecule has 13 rings (SSSR count). The summed E-state index contributed by atoms with van der Waals surface area (Å²) in [5.74, 6) is 0. The summed E-state index contributed by atoms with van der Waals surface area (Å²) in [6.07, 6.45) is 0. The molecule has 1 spiro atoms. The fourth-order valence-corrected chi connectivity index (χ4v) is 16.3. The van der Waals surface area contributed by atoms with Gasteiger partial charge in [-0.2, -0.15) is 0 Å². The summed E-state index contributed by atoms with van der Waals surface area (Å²) in [5, 5.41) is 8.62. The van der Waals surface area contributed by atoms with Gasteiger partial charge in [0.15, 0.2) is 8.07 Å². The maximum atomic E-state index is 2.76. The first-order valence-electron chi connectivity index (χ1n) is 18.3. The van der Waals surface area contributed by atoms with Crippen LogP contribution in [0.5, 0.6) is 0 Å². The number of rotatable bonds is 1. The Morgan fingerprint density at radius 2 is 1.06 bits per heavy atom. The number of benzene rings is 8. The van der Waals surface area contributed by atoms with Crippen molar-refractivity contribution in [2.75, 3.05) is 4.81 Å². The molecule has 0 unspecified atom stereocenters. The van der Waals surface area contributed by atoms with Gasteiger partial charge in [-0.15, -0.1) is 0 Å². The van der Waals surface area contributed by atoms with Gasteiger partial charge in [-0.25, -0.2) is 0 Å². The molecule has 4 aliphatic heterocycles. The summed E-state index contributed by atoms with van der Waals surface area (Å²) in [6.45, 7) is 0.0170. The van der Waals surface area contributed by atoms with Gasteiger partial charge in [-0.05, 0) is 83.8 Å². The molecule has 9 aromatic rings. The highest BCUT2D eigenvalue weighted by atomic mass is 28.3. The van der Waals surface area contributed by atoms with E-state index in [0.717, 1.165) is 0 Å². The monoisotopic (exact) mass is 672 g/mol. The molecule has 0 atom stereocenters. The minimum Gasteiger partial charge on any atom is -0.376 e. The number of nitrogens with zero attached hydrogens (tertiary/aromatic N) is 2. The highest BCUT2D eigenvalue weighted by molar-refractivity contribution is 7.24. The van der Waals surface area contributed by atoms with E-state index < -0.39 is 8.07 Å². The lowest BCUT2D eigenvalue weighted by Crippen LogP contribution is -2.78. The fraction of sp³-hybridized carbons (Fsp3) is 0. The molecule has 4 aliphatic rings. The molecule has 2 nitrogen and oxygen atoms in total. The molecule has 0 N–H and O–H groups in total. The normalized spacial score (nSPS) is 14.6. The maximum absolute atomic E-state index is 2.76. The van der Waals surface area contributed by atoms with Crippen LogP contribution in [0.1, 0.15) is 0 Å². The smallest absolute Gasteiger partial charge is 0.333 e. The molecule has 0 amide bonds. The zero-order valence-corrected chi connectivity index (χ0v) is 29.2. The van der Waals surface area contributed by atoms with Gasteiger partial charge in [0.05, 0.1) is 11.0 Å². The van der Waals surface area contributed by atoms with Crippen molar-refractivity contribution in [1.82, 2.24) is 4.57 Å². The maximum Gasteiger partial charge on any atom is 0.333 e. The molecule has 8 aromatic carbocycles. The first-order chi connectivity index (χ1) is 25.8. The summed E-state index contributed by atoms with van der Waals surface area (Å²) in [7, 11) is -2.70. The quantitative estimate of drug-likeness (QED) is 0.166. The van der Waals surface area contributed by atoms with E-state index in [9.17, 15) is 0 Å². The second-order valence-electron chi connectivity index (χ2n) is 14.8. The number of hydrogen-bond donors (Lipinski definition) is 0. The Hall–Kier alpha value is -6.36. The lowest BCUT2D eigenvalue weighted by Gasteiger charge is -2.50. The lowest BCUT2D eigenvalue weighted by molar-refractivity contribution is 1.18. The van der Waals surface area contributed by atoms with E-state index in [2.05, 4.69) is 185 Å². The lowest BCUT2D eigenvalue weighted by atomic mass is 9.44. The van der Waals surface area contributed by atoms with Gasteiger partial charge in [0.2, 0.25) is 0 Å². The van der Waals surface area contributed by atoms with Crippen molar-refractivity contribution < 1.29 is 0 Å². The number of fused-ring (bicyclic) bond motifs is 16. The molecule has 0 bridgehead atoms. The Labute approximate surface area is 303 Å². The van der Waals surface area contributed by atoms with Crippen molar-refractivity contribution in [3.63, 3.8) is 0 Å². The molecular formula is C48H29BN2Si. The van der Waals surface area contributed by atoms with Crippen molar-refractivity contribution >= 4 is 79.8 Å². The van der Waals surface area contributed by atoms with E-state index in [-0.39, 0.29) is 6.85 Å². The molecule has 1 aromatic heterocycles. The van der Waals surface area contributed by atoms with Gasteiger partial charge >= 0.3 is 6.85 Å². The van der Waals surface area contributed by atoms with Crippen molar-refractivity contribution in [2.45, 2.75) is 0 Å². The molecule has 5 heterocycles. The molecule has 0 saturated carbocycles. The molecule has 0 radical (unpaired) electrons. The highest BCUT2D eigenvalue weighted by Gasteiger charge is 2.57. The van der Waals surface area contributed by atoms with Crippen LogP contribution in [0.25, 0.3) is 60.9 Å². The summed E-state index contributed by atoms with van der Waals surface area (Å²) < 4.78 is 2.58. The first-order valence-corrected chi connectivity index (χ1v) is 20.3. The molecule has 52 heavy (non-hydrogen) atoms. The molecule has 238 valence electrons. The second-order valence-corrected chi connectivity index (χ2v) is 18.4. The Bertz CT molecular complexity index is 3010. The van der Waals surface area contributed by atoms with Crippen molar-refractivity contribution in [3.05, 3.63) is 176 Å². The van der Waals surface area contributed by atoms with E-state index >= 15 is 0 Å². The zero-order chi connectivity index (χ0) is 33.7. The van der Waals surface area contributed by atoms with Gasteiger partial charge in [-0.1, -0.05) is 152 Å². The third kappa shape index (κ3) is 3.04. The largest absolute Gasteiger partial charge is 0.376 e. The SMILES string of the molecule is c1ccc(-c2cc3c4c(c2)-n2c5ccccc5c5cccc(c52)B4N2c4ccccc4[Si]4(c5ccccc5-c5ccccc54)c4cccc-3c42)cc1. The highest BCUT2D eigenvalue weighted by Crippen LogP contribution is 2.48. The Morgan fingerprint density at radius 3 is 1.88 bits per heavy atom. The van der Waals surface area contributed by atoms with Crippen LogP contribution < -0.4 is 36.5 Å². The Morgan fingerprint density at radius 1 is 0.423 bits per heavy atom. The predicted octanol–water partition coefficient (Wildman–Crippen LogP) is 7.36. The Kier molecular flexibility index (Phi) is 5.00. The average Bonchev–Trinajstić information content (AvgIpc) is 3.71. The van der Waals surface area contributed by atoms with E-state index in [1.165, 1.54) is 104 Å². The summed E-state index contributed by atoms with van der Waals surface area (Å²) in [4.78, 5) is 2.76. The van der Waals surface area contributed by atoms with E-state index in [0.29, 0.717) is 0 Å². The number of anilines is 2. The molecule has 4 heteroatoms. The molecule has 0 saturated heterocycles. The topological polar surface area (TPSA) is 8.17 Å². The third-order valence-electron chi connectivity index (χ3n) is 12.5. The minimum atomic E-state index is -2.70. The third-order valence-corrected chi connectivity index (χ3v) is 17.5. The van der Waals surface area contributed by atoms with Crippen molar-refractivity contribution in [2.24, 2.45) is 0 Å². The standard InChI is InChI=1S/C48H29BN2Si/c1-2-14-30(15-3-1)31-28-37-36-20-13-27-45-48(36)51(49-38-21-12-19-35-32-16-4-7-22-39(32)50(47(35)38)41(29-31)46(37)49)40-23-8-11-26-44(40)52(45)42-24-9-5-17-33(42)34-18-6-10-25-43(34)52/h1-29H. The minimum absolute atomic E-state index is 0.0170. The average molecular weight is 673 g/mol. The van der Waals surface area contributed by atoms with Crippen LogP contribution in [-0.2, 0) is 0 Å². The molecule has 0 fully saturated rings. The van der Waals surface area contributed by atoms with Gasteiger partial charge in [0.1, 0.15) is 0 Å². The fourth-order valence-electron chi connectivity index (χ4n) is 10.7. The molecular weight excluding hydrogens is 643 g/mol. The summed E-state index contributed by atoms with van der Waals surface area (Å²) in [6, 6.07) is 67.1. The second kappa shape index (κ2) is 9.49. The Balaban J connectivity index is 1.24. The van der Waals surface area contributed by atoms with Gasteiger partial charge < -0.3 is 9.38 Å². The van der Waals surface area contributed by atoms with Crippen LogP contribution in [0.4, 0.5) is 11.4 Å². The van der Waals surface area contributed by atoms with Crippen molar-refractivity contribution in [1.29, 1.82) is 0 Å². The summed E-state index contributed by atoms with van der Waals surface area (Å²) >= 11 is 0.